The van der Waals surface area contributed by atoms with Crippen molar-refractivity contribution in [1.29, 1.82) is 0 Å². The van der Waals surface area contributed by atoms with Crippen molar-refractivity contribution in [1.82, 2.24) is 0 Å². The average Bonchev–Trinajstić information content (AvgIpc) is 2.36. The molecule has 0 spiro atoms. The Kier molecular flexibility index (Phi) is 56.3. The van der Waals surface area contributed by atoms with E-state index < -0.39 is 0 Å². The number of carbonyl (C=O) groups is 1. The van der Waals surface area contributed by atoms with E-state index in [4.69, 9.17) is 5.73 Å². The molecule has 0 saturated heterocycles. The van der Waals surface area contributed by atoms with Crippen LogP contribution < -0.4 is 5.73 Å². The summed E-state index contributed by atoms with van der Waals surface area (Å²) in [6.45, 7) is 14.2. The maximum Gasteiger partial charge on any atom is 0.217 e. The van der Waals surface area contributed by atoms with E-state index in [0.717, 1.165) is 12.8 Å². The summed E-state index contributed by atoms with van der Waals surface area (Å²) in [6.07, 6.45) is 6.44. The molecule has 2 nitrogen and oxygen atoms in total. The van der Waals surface area contributed by atoms with E-state index in [2.05, 4.69) is 6.92 Å². The van der Waals surface area contributed by atoms with Gasteiger partial charge in [-0.1, -0.05) is 74.1 Å². The Morgan fingerprint density at radius 1 is 0.812 bits per heavy atom. The second-order valence-corrected chi connectivity index (χ2v) is 2.63. The summed E-state index contributed by atoms with van der Waals surface area (Å²) in [4.78, 5) is 10.3. The fourth-order valence-corrected chi connectivity index (χ4v) is 0.903. The van der Waals surface area contributed by atoms with Crippen molar-refractivity contribution in [3.05, 3.63) is 0 Å². The lowest BCUT2D eigenvalue weighted by molar-refractivity contribution is -0.118. The van der Waals surface area contributed by atoms with Gasteiger partial charge in [-0.05, 0) is 6.42 Å². The SMILES string of the molecule is CC.CC.CC.CCCCCCCC(N)=O. The molecule has 0 aliphatic carbocycles. The number of hydrogen-bond donors (Lipinski definition) is 1. The summed E-state index contributed by atoms with van der Waals surface area (Å²) in [5.41, 5.74) is 4.97. The molecule has 0 rings (SSSR count). The van der Waals surface area contributed by atoms with Crippen molar-refractivity contribution in [3.8, 4) is 0 Å². The van der Waals surface area contributed by atoms with Crippen LogP contribution in [0.25, 0.3) is 0 Å². The van der Waals surface area contributed by atoms with Gasteiger partial charge >= 0.3 is 0 Å². The molecule has 2 N–H and O–H groups in total. The zero-order valence-electron chi connectivity index (χ0n) is 12.7. The van der Waals surface area contributed by atoms with E-state index in [1.165, 1.54) is 19.3 Å². The van der Waals surface area contributed by atoms with Crippen LogP contribution in [0.5, 0.6) is 0 Å². The highest BCUT2D eigenvalue weighted by atomic mass is 16.1. The Hall–Kier alpha value is -0.530. The van der Waals surface area contributed by atoms with Crippen molar-refractivity contribution >= 4 is 5.91 Å². The second-order valence-electron chi connectivity index (χ2n) is 2.63. The first kappa shape index (κ1) is 24.6. The Morgan fingerprint density at radius 3 is 1.50 bits per heavy atom. The van der Waals surface area contributed by atoms with E-state index in [-0.39, 0.29) is 5.91 Å². The average molecular weight is 233 g/mol. The maximum absolute atomic E-state index is 10.3. The first-order chi connectivity index (χ1) is 7.77. The van der Waals surface area contributed by atoms with Crippen LogP contribution >= 0.6 is 0 Å². The highest BCUT2D eigenvalue weighted by molar-refractivity contribution is 5.73. The van der Waals surface area contributed by atoms with Crippen LogP contribution in [0.3, 0.4) is 0 Å². The Bertz CT molecular complexity index is 92.7. The smallest absolute Gasteiger partial charge is 0.217 e. The van der Waals surface area contributed by atoms with Gasteiger partial charge in [0.15, 0.2) is 0 Å². The summed E-state index contributed by atoms with van der Waals surface area (Å²) in [5, 5.41) is 0. The van der Waals surface area contributed by atoms with Crippen LogP contribution in [0.2, 0.25) is 0 Å². The van der Waals surface area contributed by atoms with Crippen LogP contribution in [0.15, 0.2) is 0 Å². The van der Waals surface area contributed by atoms with Crippen LogP contribution in [-0.4, -0.2) is 5.91 Å². The summed E-state index contributed by atoms with van der Waals surface area (Å²) in [5.74, 6) is -0.170. The normalized spacial score (nSPS) is 7.19. The molecule has 0 radical (unpaired) electrons. The molecule has 0 fully saturated rings. The molecule has 0 aromatic heterocycles. The lowest BCUT2D eigenvalue weighted by atomic mass is 10.1. The van der Waals surface area contributed by atoms with Crippen LogP contribution in [0.1, 0.15) is 87.0 Å². The number of hydrogen-bond acceptors (Lipinski definition) is 1. The highest BCUT2D eigenvalue weighted by Gasteiger charge is 1.92. The highest BCUT2D eigenvalue weighted by Crippen LogP contribution is 2.03. The number of primary amides is 1. The van der Waals surface area contributed by atoms with Gasteiger partial charge in [-0.15, -0.1) is 0 Å². The minimum atomic E-state index is -0.170. The van der Waals surface area contributed by atoms with Crippen LogP contribution in [0.4, 0.5) is 0 Å². The van der Waals surface area contributed by atoms with Gasteiger partial charge in [-0.3, -0.25) is 4.79 Å². The molecule has 0 aliphatic rings. The first-order valence-electron chi connectivity index (χ1n) is 7.05. The van der Waals surface area contributed by atoms with Crippen LogP contribution in [-0.2, 0) is 4.79 Å². The first-order valence-corrected chi connectivity index (χ1v) is 7.05. The van der Waals surface area contributed by atoms with Crippen molar-refractivity contribution in [2.24, 2.45) is 5.73 Å². The third-order valence-electron chi connectivity index (χ3n) is 1.53. The monoisotopic (exact) mass is 233 g/mol. The molecule has 0 aliphatic heterocycles. The molecule has 2 heteroatoms. The molecule has 0 atom stereocenters. The molecule has 16 heavy (non-hydrogen) atoms. The summed E-state index contributed by atoms with van der Waals surface area (Å²) in [6, 6.07) is 0. The molecule has 0 heterocycles. The van der Waals surface area contributed by atoms with E-state index in [1.54, 1.807) is 0 Å². The predicted molar refractivity (Wildman–Crippen MR) is 76.6 cm³/mol. The Labute approximate surface area is 104 Å². The minimum Gasteiger partial charge on any atom is -0.370 e. The number of amides is 1. The van der Waals surface area contributed by atoms with Crippen molar-refractivity contribution in [3.63, 3.8) is 0 Å². The third kappa shape index (κ3) is 50.0. The van der Waals surface area contributed by atoms with Crippen molar-refractivity contribution in [2.75, 3.05) is 0 Å². The fourth-order valence-electron chi connectivity index (χ4n) is 0.903. The van der Waals surface area contributed by atoms with Gasteiger partial charge in [0, 0.05) is 6.42 Å². The Balaban J connectivity index is -0.000000103. The number of carbonyl (C=O) groups excluding carboxylic acids is 1. The second kappa shape index (κ2) is 36.6. The molecule has 0 bridgehead atoms. The van der Waals surface area contributed by atoms with Gasteiger partial charge < -0.3 is 5.73 Å². The van der Waals surface area contributed by atoms with E-state index in [9.17, 15) is 4.79 Å². The lowest BCUT2D eigenvalue weighted by Crippen LogP contribution is -2.09. The molecular formula is C14H35NO. The molecule has 0 unspecified atom stereocenters. The fraction of sp³-hybridized carbons (Fsp3) is 0.929. The van der Waals surface area contributed by atoms with Crippen LogP contribution in [0, 0.1) is 0 Å². The largest absolute Gasteiger partial charge is 0.370 e. The van der Waals surface area contributed by atoms with Crippen molar-refractivity contribution < 1.29 is 4.79 Å². The molecule has 0 saturated carbocycles. The van der Waals surface area contributed by atoms with E-state index in [0.29, 0.717) is 6.42 Å². The maximum atomic E-state index is 10.3. The van der Waals surface area contributed by atoms with Gasteiger partial charge in [-0.25, -0.2) is 0 Å². The van der Waals surface area contributed by atoms with Gasteiger partial charge in [-0.2, -0.15) is 0 Å². The molecular weight excluding hydrogens is 198 g/mol. The zero-order chi connectivity index (χ0) is 13.8. The van der Waals surface area contributed by atoms with E-state index in [1.807, 2.05) is 41.5 Å². The molecule has 0 aromatic carbocycles. The van der Waals surface area contributed by atoms with Gasteiger partial charge in [0.1, 0.15) is 0 Å². The third-order valence-corrected chi connectivity index (χ3v) is 1.53. The van der Waals surface area contributed by atoms with Gasteiger partial charge in [0.25, 0.3) is 0 Å². The topological polar surface area (TPSA) is 43.1 Å². The standard InChI is InChI=1S/C8H17NO.3C2H6/c1-2-3-4-5-6-7-8(9)10;3*1-2/h2-7H2,1H3,(H2,9,10);3*1-2H3. The van der Waals surface area contributed by atoms with Crippen molar-refractivity contribution in [2.45, 2.75) is 87.0 Å². The zero-order valence-corrected chi connectivity index (χ0v) is 12.7. The van der Waals surface area contributed by atoms with Gasteiger partial charge in [0.2, 0.25) is 5.91 Å². The molecule has 102 valence electrons. The quantitative estimate of drug-likeness (QED) is 0.651. The van der Waals surface area contributed by atoms with Gasteiger partial charge in [0.05, 0.1) is 0 Å². The molecule has 1 amide bonds. The lowest BCUT2D eigenvalue weighted by Gasteiger charge is -1.95. The van der Waals surface area contributed by atoms with E-state index >= 15 is 0 Å². The molecule has 0 aromatic rings. The minimum absolute atomic E-state index is 0.170. The number of rotatable bonds is 6. The summed E-state index contributed by atoms with van der Waals surface area (Å²) < 4.78 is 0. The Morgan fingerprint density at radius 2 is 1.19 bits per heavy atom. The summed E-state index contributed by atoms with van der Waals surface area (Å²) >= 11 is 0. The number of unbranched alkanes of at least 4 members (excludes halogenated alkanes) is 4. The predicted octanol–water partition coefficient (Wildman–Crippen LogP) is 4.91. The number of nitrogens with two attached hydrogens (primary N) is 1. The summed E-state index contributed by atoms with van der Waals surface area (Å²) in [7, 11) is 0.